The predicted molar refractivity (Wildman–Crippen MR) is 73.6 cm³/mol. The van der Waals surface area contributed by atoms with E-state index in [2.05, 4.69) is 34.6 Å². The molecule has 0 N–H and O–H groups in total. The molecule has 0 bridgehead atoms. The molecule has 0 saturated heterocycles. The Bertz CT molecular complexity index is 190. The van der Waals surface area contributed by atoms with Gasteiger partial charge in [0.2, 0.25) is 0 Å². The van der Waals surface area contributed by atoms with Crippen molar-refractivity contribution in [1.82, 2.24) is 0 Å². The maximum Gasteiger partial charge on any atom is -0.0241 e. The lowest BCUT2D eigenvalue weighted by atomic mass is 9.47. The normalized spacial score (nSPS) is 34.1. The smallest absolute Gasteiger partial charge is 0.0241 e. The van der Waals surface area contributed by atoms with Crippen molar-refractivity contribution < 1.29 is 0 Å². The largest absolute Gasteiger partial charge is 0.0654 e. The highest BCUT2D eigenvalue weighted by Gasteiger charge is 2.51. The summed E-state index contributed by atoms with van der Waals surface area (Å²) in [6.07, 6.45) is 10.1. The minimum absolute atomic E-state index is 0.710. The molecular weight excluding hydrogens is 192 g/mol. The lowest BCUT2D eigenvalue weighted by molar-refractivity contribution is -0.0859. The molecule has 96 valence electrons. The van der Waals surface area contributed by atoms with Crippen molar-refractivity contribution in [1.29, 1.82) is 0 Å². The van der Waals surface area contributed by atoms with Gasteiger partial charge < -0.3 is 0 Å². The lowest BCUT2D eigenvalue weighted by Crippen LogP contribution is -2.50. The van der Waals surface area contributed by atoms with E-state index in [-0.39, 0.29) is 0 Å². The van der Waals surface area contributed by atoms with Crippen LogP contribution in [-0.4, -0.2) is 0 Å². The summed E-state index contributed by atoms with van der Waals surface area (Å²) in [5.41, 5.74) is 0.710. The van der Waals surface area contributed by atoms with Gasteiger partial charge in [-0.25, -0.2) is 0 Å². The Morgan fingerprint density at radius 2 is 1.81 bits per heavy atom. The van der Waals surface area contributed by atoms with Crippen molar-refractivity contribution in [3.63, 3.8) is 0 Å². The Labute approximate surface area is 103 Å². The lowest BCUT2D eigenvalue weighted by Gasteiger charge is -2.58. The van der Waals surface area contributed by atoms with Crippen molar-refractivity contribution in [2.24, 2.45) is 23.2 Å². The van der Waals surface area contributed by atoms with Crippen LogP contribution in [0.2, 0.25) is 0 Å². The van der Waals surface area contributed by atoms with Gasteiger partial charge in [-0.15, -0.1) is 0 Å². The fourth-order valence-corrected chi connectivity index (χ4v) is 4.19. The topological polar surface area (TPSA) is 0 Å². The van der Waals surface area contributed by atoms with Gasteiger partial charge in [-0.3, -0.25) is 0 Å². The summed E-state index contributed by atoms with van der Waals surface area (Å²) in [6.45, 7) is 12.1. The first-order valence-corrected chi connectivity index (χ1v) is 7.58. The molecule has 1 fully saturated rings. The molecule has 0 heterocycles. The average molecular weight is 224 g/mol. The standard InChI is InChI=1S/C16H32/c1-6-8-9-10-15-14(5)12-16(15,11-7-2)13(3)4/h13-15H,6-12H2,1-5H3. The first-order valence-electron chi connectivity index (χ1n) is 7.58. The summed E-state index contributed by atoms with van der Waals surface area (Å²) < 4.78 is 0. The van der Waals surface area contributed by atoms with Gasteiger partial charge in [0.15, 0.2) is 0 Å². The molecule has 0 radical (unpaired) electrons. The summed E-state index contributed by atoms with van der Waals surface area (Å²) in [6, 6.07) is 0. The second kappa shape index (κ2) is 6.07. The molecule has 0 amide bonds. The number of rotatable bonds is 7. The molecular formula is C16H32. The van der Waals surface area contributed by atoms with Gasteiger partial charge in [0.1, 0.15) is 0 Å². The van der Waals surface area contributed by atoms with E-state index in [1.165, 1.54) is 44.9 Å². The van der Waals surface area contributed by atoms with E-state index in [0.29, 0.717) is 5.41 Å². The molecule has 0 spiro atoms. The van der Waals surface area contributed by atoms with Gasteiger partial charge in [-0.2, -0.15) is 0 Å². The van der Waals surface area contributed by atoms with Crippen LogP contribution >= 0.6 is 0 Å². The predicted octanol–water partition coefficient (Wildman–Crippen LogP) is 5.67. The van der Waals surface area contributed by atoms with Gasteiger partial charge in [-0.1, -0.05) is 60.3 Å². The van der Waals surface area contributed by atoms with Crippen LogP contribution in [0.3, 0.4) is 0 Å². The Morgan fingerprint density at radius 3 is 2.25 bits per heavy atom. The summed E-state index contributed by atoms with van der Waals surface area (Å²) in [5, 5.41) is 0. The van der Waals surface area contributed by atoms with Crippen molar-refractivity contribution >= 4 is 0 Å². The van der Waals surface area contributed by atoms with Crippen LogP contribution in [0, 0.1) is 23.2 Å². The van der Waals surface area contributed by atoms with E-state index in [0.717, 1.165) is 17.8 Å². The molecule has 16 heavy (non-hydrogen) atoms. The fourth-order valence-electron chi connectivity index (χ4n) is 4.19. The Balaban J connectivity index is 2.56. The summed E-state index contributed by atoms with van der Waals surface area (Å²) >= 11 is 0. The highest BCUT2D eigenvalue weighted by Crippen LogP contribution is 2.60. The molecule has 1 aliphatic carbocycles. The Hall–Kier alpha value is 0. The van der Waals surface area contributed by atoms with E-state index in [1.807, 2.05) is 0 Å². The van der Waals surface area contributed by atoms with Crippen LogP contribution in [0.15, 0.2) is 0 Å². The summed E-state index contributed by atoms with van der Waals surface area (Å²) in [5.74, 6) is 2.90. The third kappa shape index (κ3) is 2.63. The minimum atomic E-state index is 0.710. The molecule has 1 aliphatic rings. The molecule has 0 aliphatic heterocycles. The number of hydrogen-bond acceptors (Lipinski definition) is 0. The molecule has 0 heteroatoms. The van der Waals surface area contributed by atoms with Gasteiger partial charge >= 0.3 is 0 Å². The first kappa shape index (κ1) is 14.1. The molecule has 3 unspecified atom stereocenters. The Morgan fingerprint density at radius 1 is 1.12 bits per heavy atom. The zero-order chi connectivity index (χ0) is 12.2. The van der Waals surface area contributed by atoms with E-state index in [1.54, 1.807) is 0 Å². The summed E-state index contributed by atoms with van der Waals surface area (Å²) in [4.78, 5) is 0. The third-order valence-electron chi connectivity index (χ3n) is 5.11. The molecule has 0 aromatic heterocycles. The molecule has 0 nitrogen and oxygen atoms in total. The van der Waals surface area contributed by atoms with Gasteiger partial charge in [-0.05, 0) is 42.4 Å². The van der Waals surface area contributed by atoms with Gasteiger partial charge in [0.25, 0.3) is 0 Å². The van der Waals surface area contributed by atoms with Gasteiger partial charge in [0, 0.05) is 0 Å². The molecule has 1 saturated carbocycles. The molecule has 0 aromatic carbocycles. The molecule has 0 aromatic rings. The van der Waals surface area contributed by atoms with Crippen LogP contribution < -0.4 is 0 Å². The van der Waals surface area contributed by atoms with Crippen LogP contribution in [0.1, 0.15) is 79.6 Å². The van der Waals surface area contributed by atoms with Crippen LogP contribution in [0.25, 0.3) is 0 Å². The van der Waals surface area contributed by atoms with Crippen molar-refractivity contribution in [3.05, 3.63) is 0 Å². The highest BCUT2D eigenvalue weighted by atomic mass is 14.6. The monoisotopic (exact) mass is 224 g/mol. The van der Waals surface area contributed by atoms with Crippen molar-refractivity contribution in [2.45, 2.75) is 79.6 Å². The van der Waals surface area contributed by atoms with E-state index in [9.17, 15) is 0 Å². The SMILES string of the molecule is CCCCCC1C(C)CC1(CCC)C(C)C. The number of unbranched alkanes of at least 4 members (excludes halogenated alkanes) is 2. The zero-order valence-electron chi connectivity index (χ0n) is 12.2. The quantitative estimate of drug-likeness (QED) is 0.489. The van der Waals surface area contributed by atoms with Crippen LogP contribution in [0.4, 0.5) is 0 Å². The highest BCUT2D eigenvalue weighted by molar-refractivity contribution is 5.00. The third-order valence-corrected chi connectivity index (χ3v) is 5.11. The maximum absolute atomic E-state index is 2.48. The first-order chi connectivity index (χ1) is 7.58. The maximum atomic E-state index is 2.48. The average Bonchev–Trinajstić information content (AvgIpc) is 2.23. The van der Waals surface area contributed by atoms with Gasteiger partial charge in [0.05, 0.1) is 0 Å². The van der Waals surface area contributed by atoms with E-state index in [4.69, 9.17) is 0 Å². The second-order valence-electron chi connectivity index (χ2n) is 6.42. The Kier molecular flexibility index (Phi) is 5.34. The van der Waals surface area contributed by atoms with Crippen molar-refractivity contribution in [2.75, 3.05) is 0 Å². The second-order valence-corrected chi connectivity index (χ2v) is 6.42. The van der Waals surface area contributed by atoms with Crippen molar-refractivity contribution in [3.8, 4) is 0 Å². The fraction of sp³-hybridized carbons (Fsp3) is 1.00. The minimum Gasteiger partial charge on any atom is -0.0654 e. The van der Waals surface area contributed by atoms with Crippen LogP contribution in [-0.2, 0) is 0 Å². The molecule has 1 rings (SSSR count). The summed E-state index contributed by atoms with van der Waals surface area (Å²) in [7, 11) is 0. The molecule has 3 atom stereocenters. The van der Waals surface area contributed by atoms with E-state index >= 15 is 0 Å². The van der Waals surface area contributed by atoms with Crippen LogP contribution in [0.5, 0.6) is 0 Å². The number of hydrogen-bond donors (Lipinski definition) is 0. The zero-order valence-corrected chi connectivity index (χ0v) is 12.2. The van der Waals surface area contributed by atoms with E-state index < -0.39 is 0 Å².